The predicted molar refractivity (Wildman–Crippen MR) is 78.0 cm³/mol. The van der Waals surface area contributed by atoms with Crippen LogP contribution in [0.4, 0.5) is 0 Å². The molecule has 3 heteroatoms. The van der Waals surface area contributed by atoms with Crippen LogP contribution in [0.15, 0.2) is 55.0 Å². The minimum atomic E-state index is 0.678. The molecule has 0 amide bonds. The first-order valence-corrected chi connectivity index (χ1v) is 6.54. The molecular weight excluding hydrogens is 234 g/mol. The number of nitrogens with zero attached hydrogens (tertiary/aromatic N) is 2. The maximum atomic E-state index is 5.70. The molecule has 0 radical (unpaired) electrons. The van der Waals surface area contributed by atoms with E-state index < -0.39 is 0 Å². The fourth-order valence-electron chi connectivity index (χ4n) is 2.52. The van der Waals surface area contributed by atoms with Gasteiger partial charge in [0.15, 0.2) is 0 Å². The first-order chi connectivity index (χ1) is 9.38. The van der Waals surface area contributed by atoms with E-state index in [0.717, 1.165) is 13.0 Å². The number of fused-ring (bicyclic) bond motifs is 1. The summed E-state index contributed by atoms with van der Waals surface area (Å²) in [5.41, 5.74) is 9.52. The van der Waals surface area contributed by atoms with Gasteiger partial charge < -0.3 is 10.3 Å². The highest BCUT2D eigenvalue weighted by molar-refractivity contribution is 5.83. The first-order valence-electron chi connectivity index (χ1n) is 6.54. The normalized spacial score (nSPS) is 11.0. The highest BCUT2D eigenvalue weighted by Gasteiger charge is 2.06. The van der Waals surface area contributed by atoms with Crippen LogP contribution in [-0.2, 0) is 13.0 Å². The van der Waals surface area contributed by atoms with Crippen LogP contribution in [-0.4, -0.2) is 16.1 Å². The first kappa shape index (κ1) is 11.9. The van der Waals surface area contributed by atoms with Crippen LogP contribution in [0.1, 0.15) is 11.1 Å². The summed E-state index contributed by atoms with van der Waals surface area (Å²) in [6, 6.07) is 12.6. The summed E-state index contributed by atoms with van der Waals surface area (Å²) in [6.07, 6.45) is 6.76. The predicted octanol–water partition coefficient (Wildman–Crippen LogP) is 2.59. The average molecular weight is 251 g/mol. The van der Waals surface area contributed by atoms with Crippen LogP contribution in [0.25, 0.3) is 10.9 Å². The number of rotatable bonds is 4. The lowest BCUT2D eigenvalue weighted by Crippen LogP contribution is -2.06. The van der Waals surface area contributed by atoms with Crippen LogP contribution in [0.2, 0.25) is 0 Å². The fourth-order valence-corrected chi connectivity index (χ4v) is 2.52. The van der Waals surface area contributed by atoms with E-state index in [0.29, 0.717) is 6.54 Å². The van der Waals surface area contributed by atoms with Crippen molar-refractivity contribution in [3.8, 4) is 0 Å². The van der Waals surface area contributed by atoms with Gasteiger partial charge in [0.2, 0.25) is 0 Å². The number of nitrogens with two attached hydrogens (primary N) is 1. The molecule has 3 nitrogen and oxygen atoms in total. The lowest BCUT2D eigenvalue weighted by Gasteiger charge is -2.09. The lowest BCUT2D eigenvalue weighted by molar-refractivity contribution is 0.823. The Bertz CT molecular complexity index is 671. The molecule has 3 aromatic rings. The Morgan fingerprint density at radius 2 is 2.05 bits per heavy atom. The molecule has 0 saturated carbocycles. The van der Waals surface area contributed by atoms with E-state index in [1.807, 2.05) is 12.3 Å². The van der Waals surface area contributed by atoms with Crippen molar-refractivity contribution in [1.29, 1.82) is 0 Å². The number of benzene rings is 1. The summed E-state index contributed by atoms with van der Waals surface area (Å²) in [6.45, 7) is 1.52. The van der Waals surface area contributed by atoms with E-state index in [4.69, 9.17) is 5.73 Å². The Labute approximate surface area is 112 Å². The zero-order valence-electron chi connectivity index (χ0n) is 10.8. The largest absolute Gasteiger partial charge is 0.343 e. The quantitative estimate of drug-likeness (QED) is 0.774. The summed E-state index contributed by atoms with van der Waals surface area (Å²) in [7, 11) is 0. The third kappa shape index (κ3) is 2.37. The van der Waals surface area contributed by atoms with E-state index in [2.05, 4.69) is 46.1 Å². The number of pyridine rings is 1. The van der Waals surface area contributed by atoms with Crippen molar-refractivity contribution in [2.24, 2.45) is 5.73 Å². The zero-order chi connectivity index (χ0) is 13.1. The second-order valence-electron chi connectivity index (χ2n) is 4.70. The van der Waals surface area contributed by atoms with Crippen molar-refractivity contribution >= 4 is 10.9 Å². The topological polar surface area (TPSA) is 43.8 Å². The Morgan fingerprint density at radius 3 is 2.84 bits per heavy atom. The van der Waals surface area contributed by atoms with Gasteiger partial charge in [-0.2, -0.15) is 0 Å². The smallest absolute Gasteiger partial charge is 0.0516 e. The maximum Gasteiger partial charge on any atom is 0.0516 e. The SMILES string of the molecule is NCCc1cccc2ccn(Cc3cccnc3)c12. The summed E-state index contributed by atoms with van der Waals surface area (Å²) >= 11 is 0. The number of aromatic nitrogens is 2. The van der Waals surface area contributed by atoms with Gasteiger partial charge in [-0.05, 0) is 41.6 Å². The number of para-hydroxylation sites is 1. The van der Waals surface area contributed by atoms with E-state index in [9.17, 15) is 0 Å². The van der Waals surface area contributed by atoms with Gasteiger partial charge in [-0.15, -0.1) is 0 Å². The molecule has 0 aliphatic carbocycles. The van der Waals surface area contributed by atoms with Crippen molar-refractivity contribution in [2.45, 2.75) is 13.0 Å². The molecule has 0 aliphatic heterocycles. The highest BCUT2D eigenvalue weighted by atomic mass is 15.0. The van der Waals surface area contributed by atoms with Crippen molar-refractivity contribution in [2.75, 3.05) is 6.54 Å². The van der Waals surface area contributed by atoms with Crippen molar-refractivity contribution in [3.05, 3.63) is 66.1 Å². The van der Waals surface area contributed by atoms with Crippen molar-refractivity contribution < 1.29 is 0 Å². The molecule has 0 fully saturated rings. The summed E-state index contributed by atoms with van der Waals surface area (Å²) in [4.78, 5) is 4.17. The van der Waals surface area contributed by atoms with Crippen LogP contribution >= 0.6 is 0 Å². The third-order valence-corrected chi connectivity index (χ3v) is 3.36. The van der Waals surface area contributed by atoms with Crippen LogP contribution in [0.3, 0.4) is 0 Å². The molecule has 0 spiro atoms. The van der Waals surface area contributed by atoms with Gasteiger partial charge in [0.25, 0.3) is 0 Å². The molecule has 2 N–H and O–H groups in total. The highest BCUT2D eigenvalue weighted by Crippen LogP contribution is 2.21. The Hall–Kier alpha value is -2.13. The monoisotopic (exact) mass is 251 g/mol. The molecule has 2 aromatic heterocycles. The second-order valence-corrected chi connectivity index (χ2v) is 4.70. The average Bonchev–Trinajstić information content (AvgIpc) is 2.85. The van der Waals surface area contributed by atoms with Gasteiger partial charge >= 0.3 is 0 Å². The van der Waals surface area contributed by atoms with E-state index >= 15 is 0 Å². The van der Waals surface area contributed by atoms with Crippen LogP contribution in [0.5, 0.6) is 0 Å². The molecule has 0 aliphatic rings. The summed E-state index contributed by atoms with van der Waals surface area (Å²) < 4.78 is 2.28. The number of hydrogen-bond donors (Lipinski definition) is 1. The second kappa shape index (κ2) is 5.24. The number of hydrogen-bond acceptors (Lipinski definition) is 2. The third-order valence-electron chi connectivity index (χ3n) is 3.36. The molecule has 0 saturated heterocycles. The lowest BCUT2D eigenvalue weighted by atomic mass is 10.1. The van der Waals surface area contributed by atoms with Gasteiger partial charge in [-0.3, -0.25) is 4.98 Å². The molecule has 0 unspecified atom stereocenters. The molecule has 2 heterocycles. The molecule has 0 bridgehead atoms. The summed E-state index contributed by atoms with van der Waals surface area (Å²) in [5.74, 6) is 0. The van der Waals surface area contributed by atoms with Gasteiger partial charge in [0, 0.05) is 25.1 Å². The Balaban J connectivity index is 2.04. The standard InChI is InChI=1S/C16H17N3/c17-8-6-14-4-1-5-15-7-10-19(16(14)15)12-13-3-2-9-18-11-13/h1-5,7,9-11H,6,8,12,17H2. The molecule has 3 rings (SSSR count). The molecule has 1 aromatic carbocycles. The van der Waals surface area contributed by atoms with Gasteiger partial charge in [0.1, 0.15) is 0 Å². The van der Waals surface area contributed by atoms with Gasteiger partial charge in [-0.1, -0.05) is 24.3 Å². The van der Waals surface area contributed by atoms with E-state index in [1.165, 1.54) is 22.0 Å². The van der Waals surface area contributed by atoms with Gasteiger partial charge in [0.05, 0.1) is 5.52 Å². The fraction of sp³-hybridized carbons (Fsp3) is 0.188. The summed E-state index contributed by atoms with van der Waals surface area (Å²) in [5, 5.41) is 1.27. The van der Waals surface area contributed by atoms with Gasteiger partial charge in [-0.25, -0.2) is 0 Å². The van der Waals surface area contributed by atoms with E-state index in [-0.39, 0.29) is 0 Å². The Morgan fingerprint density at radius 1 is 1.11 bits per heavy atom. The Kier molecular flexibility index (Phi) is 3.29. The maximum absolute atomic E-state index is 5.70. The van der Waals surface area contributed by atoms with Crippen LogP contribution < -0.4 is 5.73 Å². The molecular formula is C16H17N3. The minimum absolute atomic E-state index is 0.678. The minimum Gasteiger partial charge on any atom is -0.343 e. The van der Waals surface area contributed by atoms with E-state index in [1.54, 1.807) is 6.20 Å². The van der Waals surface area contributed by atoms with Crippen LogP contribution in [0, 0.1) is 0 Å². The van der Waals surface area contributed by atoms with Crippen molar-refractivity contribution in [3.63, 3.8) is 0 Å². The molecule has 96 valence electrons. The molecule has 0 atom stereocenters. The molecule has 19 heavy (non-hydrogen) atoms. The zero-order valence-corrected chi connectivity index (χ0v) is 10.8. The van der Waals surface area contributed by atoms with Crippen molar-refractivity contribution in [1.82, 2.24) is 9.55 Å².